The fourth-order valence-corrected chi connectivity index (χ4v) is 4.35. The quantitative estimate of drug-likeness (QED) is 0.704. The van der Waals surface area contributed by atoms with Crippen molar-refractivity contribution in [1.29, 1.82) is 0 Å². The molecule has 0 spiro atoms. The van der Waals surface area contributed by atoms with Crippen LogP contribution in [0.3, 0.4) is 0 Å². The Morgan fingerprint density at radius 3 is 2.33 bits per heavy atom. The van der Waals surface area contributed by atoms with Crippen LogP contribution in [-0.2, 0) is 0 Å². The predicted octanol–water partition coefficient (Wildman–Crippen LogP) is 4.71. The van der Waals surface area contributed by atoms with Crippen molar-refractivity contribution >= 4 is 21.6 Å². The van der Waals surface area contributed by atoms with Crippen molar-refractivity contribution in [3.8, 4) is 0 Å². The molecule has 0 unspecified atom stereocenters. The minimum absolute atomic E-state index is 0.538. The molecule has 0 atom stereocenters. The maximum Gasteiger partial charge on any atom is 0.100 e. The lowest BCUT2D eigenvalue weighted by Crippen LogP contribution is -2.15. The number of hydrogen-bond acceptors (Lipinski definition) is 2. The van der Waals surface area contributed by atoms with Gasteiger partial charge in [0.05, 0.1) is 0 Å². The molecule has 15 heavy (non-hydrogen) atoms. The van der Waals surface area contributed by atoms with Gasteiger partial charge in [-0.05, 0) is 37.8 Å². The van der Waals surface area contributed by atoms with Gasteiger partial charge in [0, 0.05) is 10.1 Å². The van der Waals surface area contributed by atoms with Gasteiger partial charge in [-0.2, -0.15) is 0 Å². The number of benzene rings is 1. The Balaban J connectivity index is 1.74. The van der Waals surface area contributed by atoms with E-state index in [-0.39, 0.29) is 0 Å². The molecule has 1 saturated carbocycles. The summed E-state index contributed by atoms with van der Waals surface area (Å²) in [7, 11) is 3.72. The minimum Gasteiger partial charge on any atom is -0.247 e. The third-order valence-electron chi connectivity index (χ3n) is 2.63. The Kier molecular flexibility index (Phi) is 4.39. The van der Waals surface area contributed by atoms with E-state index in [0.29, 0.717) is 5.25 Å². The van der Waals surface area contributed by atoms with Crippen molar-refractivity contribution in [1.82, 2.24) is 0 Å². The summed E-state index contributed by atoms with van der Waals surface area (Å²) in [6, 6.07) is 10.4. The van der Waals surface area contributed by atoms with E-state index in [2.05, 4.69) is 24.3 Å². The number of alkyl halides is 1. The lowest BCUT2D eigenvalue weighted by atomic mass is 9.99. The Labute approximate surface area is 98.4 Å². The topological polar surface area (TPSA) is 0 Å². The second kappa shape index (κ2) is 5.80. The van der Waals surface area contributed by atoms with Crippen molar-refractivity contribution in [2.75, 3.05) is 0 Å². The van der Waals surface area contributed by atoms with E-state index in [1.807, 2.05) is 27.7 Å². The molecule has 1 aliphatic rings. The zero-order chi connectivity index (χ0) is 10.5. The Hall–Kier alpha value is -0.150. The van der Waals surface area contributed by atoms with Gasteiger partial charge in [-0.1, -0.05) is 39.8 Å². The van der Waals surface area contributed by atoms with E-state index in [9.17, 15) is 4.39 Å². The first kappa shape index (κ1) is 11.3. The fourth-order valence-electron chi connectivity index (χ4n) is 1.72. The molecule has 0 saturated heterocycles. The molecule has 0 radical (unpaired) electrons. The van der Waals surface area contributed by atoms with Gasteiger partial charge in [-0.3, -0.25) is 0 Å². The minimum atomic E-state index is -0.538. The molecule has 0 aliphatic heterocycles. The second-order valence-corrected chi connectivity index (χ2v) is 6.44. The molecule has 0 amide bonds. The summed E-state index contributed by atoms with van der Waals surface area (Å²) in [5.74, 6) is 0. The SMILES string of the molecule is FC1CCC(SSc2ccccc2)CC1. The zero-order valence-electron chi connectivity index (χ0n) is 8.56. The van der Waals surface area contributed by atoms with Crippen LogP contribution in [0.2, 0.25) is 0 Å². The van der Waals surface area contributed by atoms with E-state index in [0.717, 1.165) is 25.7 Å². The molecule has 0 N–H and O–H groups in total. The molecule has 0 nitrogen and oxygen atoms in total. The molecule has 1 fully saturated rings. The molecule has 0 heterocycles. The lowest BCUT2D eigenvalue weighted by Gasteiger charge is -2.22. The molecule has 0 aromatic heterocycles. The largest absolute Gasteiger partial charge is 0.247 e. The smallest absolute Gasteiger partial charge is 0.100 e. The van der Waals surface area contributed by atoms with Crippen molar-refractivity contribution in [2.45, 2.75) is 42.0 Å². The van der Waals surface area contributed by atoms with Gasteiger partial charge in [0.25, 0.3) is 0 Å². The third kappa shape index (κ3) is 3.72. The summed E-state index contributed by atoms with van der Waals surface area (Å²) in [5.41, 5.74) is 0. The number of hydrogen-bond donors (Lipinski definition) is 0. The maximum absolute atomic E-state index is 12.9. The molecule has 1 aliphatic carbocycles. The normalized spacial score (nSPS) is 26.5. The molecular formula is C12H15FS2. The van der Waals surface area contributed by atoms with Crippen LogP contribution in [0.4, 0.5) is 4.39 Å². The van der Waals surface area contributed by atoms with E-state index < -0.39 is 6.17 Å². The monoisotopic (exact) mass is 242 g/mol. The molecule has 1 aromatic carbocycles. The Morgan fingerprint density at radius 1 is 1.00 bits per heavy atom. The van der Waals surface area contributed by atoms with Crippen molar-refractivity contribution in [3.63, 3.8) is 0 Å². The van der Waals surface area contributed by atoms with Crippen LogP contribution < -0.4 is 0 Å². The highest BCUT2D eigenvalue weighted by Gasteiger charge is 2.21. The molecule has 1 aromatic rings. The highest BCUT2D eigenvalue weighted by atomic mass is 33.1. The fraction of sp³-hybridized carbons (Fsp3) is 0.500. The summed E-state index contributed by atoms with van der Waals surface area (Å²) in [4.78, 5) is 1.30. The van der Waals surface area contributed by atoms with Crippen molar-refractivity contribution in [2.24, 2.45) is 0 Å². The van der Waals surface area contributed by atoms with Crippen LogP contribution in [0.15, 0.2) is 35.2 Å². The molecule has 0 bridgehead atoms. The van der Waals surface area contributed by atoms with Crippen LogP contribution in [-0.4, -0.2) is 11.4 Å². The lowest BCUT2D eigenvalue weighted by molar-refractivity contribution is 0.255. The zero-order valence-corrected chi connectivity index (χ0v) is 10.2. The summed E-state index contributed by atoms with van der Waals surface area (Å²) in [5, 5.41) is 0.641. The maximum atomic E-state index is 12.9. The highest BCUT2D eigenvalue weighted by molar-refractivity contribution is 8.76. The van der Waals surface area contributed by atoms with Crippen LogP contribution in [0.25, 0.3) is 0 Å². The molecule has 3 heteroatoms. The van der Waals surface area contributed by atoms with Gasteiger partial charge >= 0.3 is 0 Å². The predicted molar refractivity (Wildman–Crippen MR) is 67.0 cm³/mol. The van der Waals surface area contributed by atoms with Gasteiger partial charge in [-0.15, -0.1) is 0 Å². The first-order valence-corrected chi connectivity index (χ1v) is 7.58. The van der Waals surface area contributed by atoms with E-state index in [1.165, 1.54) is 4.90 Å². The Bertz CT molecular complexity index is 281. The van der Waals surface area contributed by atoms with E-state index in [4.69, 9.17) is 0 Å². The van der Waals surface area contributed by atoms with E-state index in [1.54, 1.807) is 0 Å². The molecular weight excluding hydrogens is 227 g/mol. The number of halogens is 1. The van der Waals surface area contributed by atoms with Gasteiger partial charge < -0.3 is 0 Å². The summed E-state index contributed by atoms with van der Waals surface area (Å²) in [6.07, 6.45) is 3.04. The third-order valence-corrected chi connectivity index (χ3v) is 5.61. The summed E-state index contributed by atoms with van der Waals surface area (Å²) < 4.78 is 12.9. The standard InChI is InChI=1S/C12H15FS2/c13-10-6-8-12(9-7-10)15-14-11-4-2-1-3-5-11/h1-5,10,12H,6-9H2. The second-order valence-electron chi connectivity index (χ2n) is 3.87. The van der Waals surface area contributed by atoms with E-state index >= 15 is 0 Å². The first-order valence-electron chi connectivity index (χ1n) is 5.37. The van der Waals surface area contributed by atoms with Gasteiger partial charge in [0.15, 0.2) is 0 Å². The average Bonchev–Trinajstić information content (AvgIpc) is 2.30. The average molecular weight is 242 g/mol. The number of rotatable bonds is 3. The van der Waals surface area contributed by atoms with Crippen molar-refractivity contribution < 1.29 is 4.39 Å². The van der Waals surface area contributed by atoms with Crippen LogP contribution >= 0.6 is 21.6 Å². The highest BCUT2D eigenvalue weighted by Crippen LogP contribution is 2.40. The molecule has 2 rings (SSSR count). The van der Waals surface area contributed by atoms with Crippen molar-refractivity contribution in [3.05, 3.63) is 30.3 Å². The van der Waals surface area contributed by atoms with Gasteiger partial charge in [-0.25, -0.2) is 4.39 Å². The van der Waals surface area contributed by atoms with Gasteiger partial charge in [0.2, 0.25) is 0 Å². The first-order chi connectivity index (χ1) is 7.34. The van der Waals surface area contributed by atoms with Gasteiger partial charge in [0.1, 0.15) is 6.17 Å². The van der Waals surface area contributed by atoms with Crippen LogP contribution in [0, 0.1) is 0 Å². The van der Waals surface area contributed by atoms with Crippen LogP contribution in [0.1, 0.15) is 25.7 Å². The Morgan fingerprint density at radius 2 is 1.67 bits per heavy atom. The summed E-state index contributed by atoms with van der Waals surface area (Å²) in [6.45, 7) is 0. The van der Waals surface area contributed by atoms with Crippen LogP contribution in [0.5, 0.6) is 0 Å². The summed E-state index contributed by atoms with van der Waals surface area (Å²) >= 11 is 0. The molecule has 82 valence electrons.